The van der Waals surface area contributed by atoms with Crippen LogP contribution in [0.4, 0.5) is 10.6 Å². The number of amides is 1. The number of hydrogen-bond donors (Lipinski definition) is 1. The number of nitriles is 1. The first-order valence-electron chi connectivity index (χ1n) is 13.5. The Hall–Kier alpha value is -3.83. The van der Waals surface area contributed by atoms with Crippen LogP contribution in [-0.4, -0.2) is 65.9 Å². The average molecular weight is 611 g/mol. The summed E-state index contributed by atoms with van der Waals surface area (Å²) in [5, 5.41) is 22.1. The van der Waals surface area contributed by atoms with Crippen LogP contribution >= 0.6 is 23.9 Å². The van der Waals surface area contributed by atoms with Crippen molar-refractivity contribution in [3.8, 4) is 28.3 Å². The molecule has 1 fully saturated rings. The number of halogens is 1. The topological polar surface area (TPSA) is 132 Å². The van der Waals surface area contributed by atoms with Gasteiger partial charge in [-0.25, -0.2) is 14.3 Å². The van der Waals surface area contributed by atoms with Gasteiger partial charge in [-0.05, 0) is 51.8 Å². The number of pyridine rings is 2. The molecule has 1 saturated heterocycles. The molecule has 5 rings (SSSR count). The third kappa shape index (κ3) is 7.14. The van der Waals surface area contributed by atoms with Gasteiger partial charge in [-0.1, -0.05) is 0 Å². The van der Waals surface area contributed by atoms with Gasteiger partial charge in [0, 0.05) is 77.8 Å². The largest absolute Gasteiger partial charge is 0.444 e. The number of ether oxygens (including phenoxy) is 1. The number of piperidine rings is 1. The van der Waals surface area contributed by atoms with Gasteiger partial charge in [-0.2, -0.15) is 15.5 Å². The summed E-state index contributed by atoms with van der Waals surface area (Å²) in [6.07, 6.45) is 10.3. The molecule has 0 aliphatic carbocycles. The van der Waals surface area contributed by atoms with E-state index in [0.717, 1.165) is 53.0 Å². The summed E-state index contributed by atoms with van der Waals surface area (Å²) in [4.78, 5) is 18.8. The summed E-state index contributed by atoms with van der Waals surface area (Å²) in [5.74, 6) is 1.34. The van der Waals surface area contributed by atoms with Gasteiger partial charge in [0.15, 0.2) is 0 Å². The third-order valence-electron chi connectivity index (χ3n) is 6.75. The second kappa shape index (κ2) is 13.0. The van der Waals surface area contributed by atoms with E-state index >= 15 is 0 Å². The number of aryl methyl sites for hydroxylation is 1. The smallest absolute Gasteiger partial charge is 0.410 e. The van der Waals surface area contributed by atoms with Crippen LogP contribution in [0.5, 0.6) is 0 Å². The average Bonchev–Trinajstić information content (AvgIpc) is 3.62. The summed E-state index contributed by atoms with van der Waals surface area (Å²) < 4.78 is 17.7. The maximum Gasteiger partial charge on any atom is 0.410 e. The van der Waals surface area contributed by atoms with Gasteiger partial charge in [0.25, 0.3) is 0 Å². The monoisotopic (exact) mass is 610 g/mol. The minimum atomic E-state index is -0.509. The van der Waals surface area contributed by atoms with E-state index in [0.29, 0.717) is 36.5 Å². The Morgan fingerprint density at radius 2 is 1.95 bits per heavy atom. The van der Waals surface area contributed by atoms with Crippen molar-refractivity contribution in [3.63, 3.8) is 0 Å². The summed E-state index contributed by atoms with van der Waals surface area (Å²) >= 11 is 6.14. The summed E-state index contributed by atoms with van der Waals surface area (Å²) in [6, 6.07) is 8.38. The highest BCUT2D eigenvalue weighted by atomic mass is 35.5. The van der Waals surface area contributed by atoms with Gasteiger partial charge >= 0.3 is 6.09 Å². The van der Waals surface area contributed by atoms with E-state index in [2.05, 4.69) is 35.3 Å². The number of aromatic nitrogens is 5. The fourth-order valence-corrected chi connectivity index (χ4v) is 5.25. The van der Waals surface area contributed by atoms with Gasteiger partial charge in [-0.3, -0.25) is 4.68 Å². The van der Waals surface area contributed by atoms with Crippen molar-refractivity contribution in [2.45, 2.75) is 51.8 Å². The summed E-state index contributed by atoms with van der Waals surface area (Å²) in [7, 11) is 0. The number of carbonyl (C=O) groups excluding carboxylic acids is 1. The zero-order valence-electron chi connectivity index (χ0n) is 23.5. The number of likely N-dealkylation sites (tertiary alicyclic amines) is 1. The Balaban J connectivity index is 1.31. The van der Waals surface area contributed by atoms with Gasteiger partial charge in [0.2, 0.25) is 0 Å². The second-order valence-electron chi connectivity index (χ2n) is 10.9. The molecule has 0 radical (unpaired) electrons. The molecule has 42 heavy (non-hydrogen) atoms. The fourth-order valence-electron chi connectivity index (χ4n) is 4.78. The van der Waals surface area contributed by atoms with Crippen LogP contribution in [0.1, 0.15) is 39.2 Å². The highest BCUT2D eigenvalue weighted by Crippen LogP contribution is 2.32. The predicted molar refractivity (Wildman–Crippen MR) is 159 cm³/mol. The molecule has 0 spiro atoms. The normalized spacial score (nSPS) is 14.2. The molecule has 1 aliphatic heterocycles. The summed E-state index contributed by atoms with van der Waals surface area (Å²) in [5.41, 5.74) is 4.16. The molecule has 12 nitrogen and oxygen atoms in total. The molecular formula is C28H31ClN8O4S. The molecule has 0 saturated carbocycles. The first-order chi connectivity index (χ1) is 20.2. The number of nitrogens with one attached hydrogen (secondary N) is 1. The van der Waals surface area contributed by atoms with Gasteiger partial charge in [0.1, 0.15) is 29.4 Å². The molecule has 5 heterocycles. The quantitative estimate of drug-likeness (QED) is 0.109. The highest BCUT2D eigenvalue weighted by molar-refractivity contribution is 7.94. The van der Waals surface area contributed by atoms with Crippen LogP contribution in [0.3, 0.4) is 0 Å². The molecular weight excluding hydrogens is 580 g/mol. The number of anilines is 1. The van der Waals surface area contributed by atoms with E-state index in [1.165, 1.54) is 0 Å². The van der Waals surface area contributed by atoms with Crippen molar-refractivity contribution in [1.29, 1.82) is 5.26 Å². The summed E-state index contributed by atoms with van der Waals surface area (Å²) in [6.45, 7) is 7.46. The van der Waals surface area contributed by atoms with E-state index in [4.69, 9.17) is 16.6 Å². The van der Waals surface area contributed by atoms with E-state index in [1.54, 1.807) is 32.7 Å². The van der Waals surface area contributed by atoms with Crippen LogP contribution in [-0.2, 0) is 20.1 Å². The number of rotatable bonds is 9. The fraction of sp³-hybridized carbons (Fsp3) is 0.393. The third-order valence-corrected chi connectivity index (χ3v) is 7.40. The molecule has 0 bridgehead atoms. The maximum atomic E-state index is 12.4. The molecule has 1 aliphatic rings. The SMILES string of the molecule is CC(C)(C)OC(=O)N1CCC(Nc2ccc(-c3cc(-c4cnn(CCSOOCl)c4)cn4ncc(C#N)c34)cn2)CC1. The maximum absolute atomic E-state index is 12.4. The number of fused-ring (bicyclic) bond motifs is 1. The molecule has 14 heteroatoms. The van der Waals surface area contributed by atoms with Crippen molar-refractivity contribution in [3.05, 3.63) is 54.7 Å². The van der Waals surface area contributed by atoms with Crippen LogP contribution in [0, 0.1) is 11.3 Å². The lowest BCUT2D eigenvalue weighted by atomic mass is 10.0. The lowest BCUT2D eigenvalue weighted by Gasteiger charge is -2.33. The van der Waals surface area contributed by atoms with Crippen LogP contribution in [0.2, 0.25) is 0 Å². The van der Waals surface area contributed by atoms with Crippen LogP contribution < -0.4 is 5.32 Å². The lowest BCUT2D eigenvalue weighted by Crippen LogP contribution is -2.44. The first-order valence-corrected chi connectivity index (χ1v) is 14.7. The zero-order chi connectivity index (χ0) is 29.7. The molecule has 220 valence electrons. The van der Waals surface area contributed by atoms with Crippen molar-refractivity contribution in [1.82, 2.24) is 29.3 Å². The van der Waals surface area contributed by atoms with E-state index in [-0.39, 0.29) is 12.1 Å². The first kappa shape index (κ1) is 29.7. The van der Waals surface area contributed by atoms with Crippen molar-refractivity contribution < 1.29 is 18.3 Å². The predicted octanol–water partition coefficient (Wildman–Crippen LogP) is 5.69. The Kier molecular flexibility index (Phi) is 9.18. The Labute approximate surface area is 252 Å². The van der Waals surface area contributed by atoms with Gasteiger partial charge < -0.3 is 15.0 Å². The van der Waals surface area contributed by atoms with Crippen molar-refractivity contribution >= 4 is 41.3 Å². The molecule has 1 amide bonds. The lowest BCUT2D eigenvalue weighted by molar-refractivity contribution is -0.0684. The van der Waals surface area contributed by atoms with Gasteiger partial charge in [-0.15, -0.1) is 8.77 Å². The molecule has 0 aromatic carbocycles. The van der Waals surface area contributed by atoms with Crippen LogP contribution in [0.15, 0.2) is 49.2 Å². The Bertz CT molecular complexity index is 1570. The highest BCUT2D eigenvalue weighted by Gasteiger charge is 2.27. The second-order valence-corrected chi connectivity index (χ2v) is 11.8. The minimum absolute atomic E-state index is 0.195. The van der Waals surface area contributed by atoms with E-state index in [1.807, 2.05) is 51.4 Å². The molecule has 4 aromatic rings. The number of nitrogens with zero attached hydrogens (tertiary/aromatic N) is 7. The number of carbonyl (C=O) groups is 1. The minimum Gasteiger partial charge on any atom is -0.444 e. The Morgan fingerprint density at radius 3 is 2.64 bits per heavy atom. The van der Waals surface area contributed by atoms with E-state index in [9.17, 15) is 10.1 Å². The van der Waals surface area contributed by atoms with Crippen molar-refractivity contribution in [2.75, 3.05) is 24.2 Å². The number of hydrogen-bond acceptors (Lipinski definition) is 10. The molecule has 0 atom stereocenters. The van der Waals surface area contributed by atoms with E-state index < -0.39 is 5.60 Å². The molecule has 4 aromatic heterocycles. The zero-order valence-corrected chi connectivity index (χ0v) is 25.1. The molecule has 0 unspecified atom stereocenters. The van der Waals surface area contributed by atoms with Gasteiger partial charge in [0.05, 0.1) is 30.0 Å². The Morgan fingerprint density at radius 1 is 1.14 bits per heavy atom. The van der Waals surface area contributed by atoms with Crippen LogP contribution in [0.25, 0.3) is 27.8 Å². The van der Waals surface area contributed by atoms with Crippen molar-refractivity contribution in [2.24, 2.45) is 0 Å². The standard InChI is InChI=1S/C28H31ClN8O4S/c1-28(2,3)39-27(38)35-8-6-23(7-9-35)34-25-5-4-19(14-31-25)24-12-20(18-37-26(24)21(13-30)15-33-37)22-16-32-36(17-22)10-11-42-41-40-29/h4-5,12,14-18,23H,6-11H2,1-3H3,(H,31,34). The molecule has 1 N–H and O–H groups in total.